The highest BCUT2D eigenvalue weighted by atomic mass is 16.6. The average molecular weight is 230 g/mol. The van der Waals surface area contributed by atoms with Gasteiger partial charge in [0.2, 0.25) is 0 Å². The van der Waals surface area contributed by atoms with E-state index in [0.29, 0.717) is 12.2 Å². The summed E-state index contributed by atoms with van der Waals surface area (Å²) in [7, 11) is 0. The first kappa shape index (κ1) is 10.7. The summed E-state index contributed by atoms with van der Waals surface area (Å²) in [4.78, 5) is 10.4. The van der Waals surface area contributed by atoms with Crippen LogP contribution in [0.1, 0.15) is 16.7 Å². The number of hydrogen-bond acceptors (Lipinski definition) is 3. The van der Waals surface area contributed by atoms with Crippen molar-refractivity contribution < 1.29 is 14.3 Å². The Hall–Kier alpha value is -1.41. The summed E-state index contributed by atoms with van der Waals surface area (Å²) in [6, 6.07) is 6.10. The first-order chi connectivity index (χ1) is 8.35. The fraction of sp³-hybridized carbons (Fsp3) is 0.429. The van der Waals surface area contributed by atoms with Crippen LogP contribution >= 0.6 is 0 Å². The van der Waals surface area contributed by atoms with E-state index in [1.54, 1.807) is 0 Å². The third-order valence-electron chi connectivity index (χ3n) is 3.16. The van der Waals surface area contributed by atoms with E-state index in [-0.39, 0.29) is 0 Å². The van der Waals surface area contributed by atoms with Crippen molar-refractivity contribution in [1.29, 1.82) is 0 Å². The van der Waals surface area contributed by atoms with Gasteiger partial charge in [-0.2, -0.15) is 0 Å². The zero-order chi connectivity index (χ0) is 11.7. The van der Waals surface area contributed by atoms with Crippen molar-refractivity contribution in [3.8, 4) is 0 Å². The quantitative estimate of drug-likeness (QED) is 0.567. The van der Waals surface area contributed by atoms with Crippen molar-refractivity contribution in [3.63, 3.8) is 0 Å². The van der Waals surface area contributed by atoms with Gasteiger partial charge in [-0.1, -0.05) is 18.2 Å². The van der Waals surface area contributed by atoms with E-state index in [1.165, 1.54) is 17.2 Å². The Bertz CT molecular complexity index is 466. The summed E-state index contributed by atoms with van der Waals surface area (Å²) in [6.45, 7) is 1.72. The first-order valence-electron chi connectivity index (χ1n) is 5.91. The third kappa shape index (κ3) is 2.83. The number of hydrogen-bond donors (Lipinski definition) is 0. The van der Waals surface area contributed by atoms with Crippen LogP contribution in [0.25, 0.3) is 6.08 Å². The van der Waals surface area contributed by atoms with Gasteiger partial charge >= 0.3 is 0 Å². The molecule has 2 saturated heterocycles. The second kappa shape index (κ2) is 4.46. The van der Waals surface area contributed by atoms with Gasteiger partial charge in [0.1, 0.15) is 5.94 Å². The van der Waals surface area contributed by atoms with Crippen LogP contribution in [0.15, 0.2) is 18.2 Å². The van der Waals surface area contributed by atoms with Crippen LogP contribution in [0.3, 0.4) is 0 Å². The number of ether oxygens (including phenoxy) is 2. The van der Waals surface area contributed by atoms with Crippen LogP contribution in [-0.2, 0) is 27.1 Å². The van der Waals surface area contributed by atoms with Crippen LogP contribution in [0.4, 0.5) is 0 Å². The van der Waals surface area contributed by atoms with Crippen LogP contribution in [0.5, 0.6) is 0 Å². The Morgan fingerprint density at radius 1 is 1.18 bits per heavy atom. The minimum atomic E-state index is 0.365. The monoisotopic (exact) mass is 230 g/mol. The van der Waals surface area contributed by atoms with Crippen molar-refractivity contribution in [2.75, 3.05) is 13.2 Å². The van der Waals surface area contributed by atoms with E-state index in [0.717, 1.165) is 31.6 Å². The van der Waals surface area contributed by atoms with E-state index >= 15 is 0 Å². The molecule has 2 aliphatic rings. The predicted octanol–water partition coefficient (Wildman–Crippen LogP) is 1.41. The van der Waals surface area contributed by atoms with Crippen LogP contribution < -0.4 is 0 Å². The number of carbonyl (C=O) groups excluding carboxylic acids is 1. The smallest absolute Gasteiger partial charge is 0.125 e. The molecule has 0 spiro atoms. The fourth-order valence-electron chi connectivity index (χ4n) is 2.06. The van der Waals surface area contributed by atoms with Crippen LogP contribution in [-0.4, -0.2) is 31.4 Å². The van der Waals surface area contributed by atoms with E-state index in [2.05, 4.69) is 12.1 Å². The van der Waals surface area contributed by atoms with Gasteiger partial charge in [0.25, 0.3) is 0 Å². The summed E-state index contributed by atoms with van der Waals surface area (Å²) in [5, 5.41) is 0. The molecule has 0 aliphatic carbocycles. The van der Waals surface area contributed by atoms with Gasteiger partial charge < -0.3 is 9.47 Å². The van der Waals surface area contributed by atoms with Gasteiger partial charge in [0.15, 0.2) is 0 Å². The molecule has 2 aliphatic heterocycles. The highest BCUT2D eigenvalue weighted by Gasteiger charge is 2.27. The number of rotatable bonds is 5. The zero-order valence-corrected chi connectivity index (χ0v) is 9.52. The maximum Gasteiger partial charge on any atom is 0.125 e. The van der Waals surface area contributed by atoms with Gasteiger partial charge in [-0.15, -0.1) is 0 Å². The summed E-state index contributed by atoms with van der Waals surface area (Å²) in [5.74, 6) is 1.82. The van der Waals surface area contributed by atoms with Crippen LogP contribution in [0.2, 0.25) is 0 Å². The molecule has 2 fully saturated rings. The molecule has 3 rings (SSSR count). The molecule has 0 bridgehead atoms. The van der Waals surface area contributed by atoms with E-state index < -0.39 is 0 Å². The SMILES string of the molecule is O=C=Cc1ccc(CC2CO2)c(CC2CO2)c1. The van der Waals surface area contributed by atoms with E-state index in [9.17, 15) is 4.79 Å². The standard InChI is InChI=1S/C14H14O3/c15-4-3-10-1-2-11(6-13-8-16-13)12(5-10)7-14-9-17-14/h1-3,5,13-14H,6-9H2. The van der Waals surface area contributed by atoms with E-state index in [1.807, 2.05) is 12.0 Å². The highest BCUT2D eigenvalue weighted by Crippen LogP contribution is 2.24. The third-order valence-corrected chi connectivity index (χ3v) is 3.16. The largest absolute Gasteiger partial charge is 0.373 e. The maximum absolute atomic E-state index is 10.4. The van der Waals surface area contributed by atoms with Crippen LogP contribution in [0, 0.1) is 0 Å². The molecule has 88 valence electrons. The summed E-state index contributed by atoms with van der Waals surface area (Å²) < 4.78 is 10.5. The lowest BCUT2D eigenvalue weighted by Crippen LogP contribution is -2.03. The van der Waals surface area contributed by atoms with Gasteiger partial charge in [0, 0.05) is 18.9 Å². The molecular formula is C14H14O3. The molecule has 3 heteroatoms. The molecule has 0 radical (unpaired) electrons. The van der Waals surface area contributed by atoms with Gasteiger partial charge in [-0.25, -0.2) is 4.79 Å². The van der Waals surface area contributed by atoms with Gasteiger partial charge in [0.05, 0.1) is 25.4 Å². The Balaban J connectivity index is 1.85. The van der Waals surface area contributed by atoms with Crippen molar-refractivity contribution in [2.24, 2.45) is 0 Å². The fourth-order valence-corrected chi connectivity index (χ4v) is 2.06. The second-order valence-electron chi connectivity index (χ2n) is 4.61. The zero-order valence-electron chi connectivity index (χ0n) is 9.52. The Morgan fingerprint density at radius 3 is 2.41 bits per heavy atom. The molecule has 0 aromatic heterocycles. The van der Waals surface area contributed by atoms with Crippen molar-refractivity contribution in [2.45, 2.75) is 25.0 Å². The summed E-state index contributed by atoms with van der Waals surface area (Å²) in [6.07, 6.45) is 4.12. The Labute approximate surface area is 100 Å². The average Bonchev–Trinajstić information content (AvgIpc) is 3.17. The van der Waals surface area contributed by atoms with Crippen molar-refractivity contribution in [3.05, 3.63) is 34.9 Å². The van der Waals surface area contributed by atoms with Crippen molar-refractivity contribution >= 4 is 12.0 Å². The molecule has 17 heavy (non-hydrogen) atoms. The molecule has 2 heterocycles. The number of benzene rings is 1. The predicted molar refractivity (Wildman–Crippen MR) is 63.5 cm³/mol. The molecular weight excluding hydrogens is 216 g/mol. The molecule has 2 unspecified atom stereocenters. The molecule has 0 N–H and O–H groups in total. The molecule has 1 aromatic carbocycles. The maximum atomic E-state index is 10.4. The lowest BCUT2D eigenvalue weighted by molar-refractivity contribution is 0.401. The summed E-state index contributed by atoms with van der Waals surface area (Å²) in [5.41, 5.74) is 3.49. The lowest BCUT2D eigenvalue weighted by atomic mass is 9.97. The van der Waals surface area contributed by atoms with Crippen molar-refractivity contribution in [1.82, 2.24) is 0 Å². The molecule has 2 atom stereocenters. The second-order valence-corrected chi connectivity index (χ2v) is 4.61. The van der Waals surface area contributed by atoms with E-state index in [4.69, 9.17) is 9.47 Å². The highest BCUT2D eigenvalue weighted by molar-refractivity contribution is 5.75. The topological polar surface area (TPSA) is 42.1 Å². The minimum Gasteiger partial charge on any atom is -0.373 e. The minimum absolute atomic E-state index is 0.365. The molecule has 0 amide bonds. The Morgan fingerprint density at radius 2 is 1.82 bits per heavy atom. The van der Waals surface area contributed by atoms with Gasteiger partial charge in [-0.3, -0.25) is 0 Å². The molecule has 0 saturated carbocycles. The molecule has 1 aromatic rings. The first-order valence-corrected chi connectivity index (χ1v) is 5.91. The number of epoxide rings is 2. The Kier molecular flexibility index (Phi) is 2.81. The summed E-state index contributed by atoms with van der Waals surface area (Å²) >= 11 is 0. The normalized spacial score (nSPS) is 25.2. The van der Waals surface area contributed by atoms with Gasteiger partial charge in [-0.05, 0) is 16.7 Å². The molecule has 3 nitrogen and oxygen atoms in total. The lowest BCUT2D eigenvalue weighted by Gasteiger charge is -2.08.